The van der Waals surface area contributed by atoms with Crippen molar-refractivity contribution in [3.8, 4) is 0 Å². The predicted octanol–water partition coefficient (Wildman–Crippen LogP) is 1.79. The van der Waals surface area contributed by atoms with Gasteiger partial charge in [0.25, 0.3) is 5.91 Å². The van der Waals surface area contributed by atoms with Gasteiger partial charge in [0.1, 0.15) is 0 Å². The van der Waals surface area contributed by atoms with Crippen LogP contribution < -0.4 is 5.32 Å². The van der Waals surface area contributed by atoms with E-state index >= 15 is 0 Å². The molecule has 1 aliphatic rings. The third-order valence-corrected chi connectivity index (χ3v) is 3.52. The molecule has 16 heavy (non-hydrogen) atoms. The van der Waals surface area contributed by atoms with Gasteiger partial charge >= 0.3 is 0 Å². The molecule has 2 N–H and O–H groups in total. The molecule has 2 rings (SSSR count). The summed E-state index contributed by atoms with van der Waals surface area (Å²) in [6, 6.07) is 7.52. The second-order valence-electron chi connectivity index (χ2n) is 4.21. The summed E-state index contributed by atoms with van der Waals surface area (Å²) < 4.78 is 1.06. The lowest BCUT2D eigenvalue weighted by Crippen LogP contribution is -2.38. The first-order chi connectivity index (χ1) is 7.65. The molecule has 1 aromatic rings. The number of carbonyl (C=O) groups excluding carboxylic acids is 1. The molecular weight excluding hydrogens is 317 g/mol. The van der Waals surface area contributed by atoms with E-state index in [0.29, 0.717) is 18.0 Å². The third kappa shape index (κ3) is 2.95. The third-order valence-electron chi connectivity index (χ3n) is 2.85. The highest BCUT2D eigenvalue weighted by Gasteiger charge is 2.27. The zero-order valence-electron chi connectivity index (χ0n) is 8.82. The van der Waals surface area contributed by atoms with E-state index in [2.05, 4.69) is 27.9 Å². The molecule has 1 fully saturated rings. The first kappa shape index (κ1) is 11.9. The maximum absolute atomic E-state index is 11.7. The van der Waals surface area contributed by atoms with Crippen molar-refractivity contribution in [2.24, 2.45) is 5.92 Å². The van der Waals surface area contributed by atoms with E-state index in [1.807, 2.05) is 24.3 Å². The number of hydrogen-bond donors (Lipinski definition) is 2. The van der Waals surface area contributed by atoms with Gasteiger partial charge in [-0.15, -0.1) is 0 Å². The number of nitrogens with one attached hydrogen (secondary N) is 1. The average molecular weight is 331 g/mol. The monoisotopic (exact) mass is 331 g/mol. The minimum atomic E-state index is -0.153. The zero-order chi connectivity index (χ0) is 11.5. The van der Waals surface area contributed by atoms with E-state index in [1.165, 1.54) is 0 Å². The second kappa shape index (κ2) is 5.14. The van der Waals surface area contributed by atoms with Crippen LogP contribution in [0.2, 0.25) is 0 Å². The number of amides is 1. The van der Waals surface area contributed by atoms with Crippen molar-refractivity contribution in [1.82, 2.24) is 5.32 Å². The topological polar surface area (TPSA) is 49.3 Å². The molecule has 1 saturated carbocycles. The highest BCUT2D eigenvalue weighted by atomic mass is 127. The maximum atomic E-state index is 11.7. The minimum absolute atomic E-state index is 0.0279. The van der Waals surface area contributed by atoms with Gasteiger partial charge in [-0.05, 0) is 59.5 Å². The fourth-order valence-electron chi connectivity index (χ4n) is 1.84. The highest BCUT2D eigenvalue weighted by molar-refractivity contribution is 14.1. The van der Waals surface area contributed by atoms with Crippen molar-refractivity contribution in [3.05, 3.63) is 33.4 Å². The molecule has 0 radical (unpaired) electrons. The molecule has 0 aliphatic heterocycles. The van der Waals surface area contributed by atoms with Gasteiger partial charge in [-0.25, -0.2) is 0 Å². The Hall–Kier alpha value is -0.620. The predicted molar refractivity (Wildman–Crippen MR) is 70.2 cm³/mol. The van der Waals surface area contributed by atoms with Gasteiger partial charge in [0.15, 0.2) is 0 Å². The van der Waals surface area contributed by atoms with Gasteiger partial charge in [0, 0.05) is 15.7 Å². The molecule has 1 aromatic carbocycles. The van der Waals surface area contributed by atoms with Crippen LogP contribution >= 0.6 is 22.6 Å². The van der Waals surface area contributed by atoms with Crippen LogP contribution in [0.5, 0.6) is 0 Å². The molecule has 0 atom stereocenters. The van der Waals surface area contributed by atoms with Gasteiger partial charge in [-0.3, -0.25) is 4.79 Å². The number of carbonyl (C=O) groups is 1. The lowest BCUT2D eigenvalue weighted by molar-refractivity contribution is 0.0420. The fraction of sp³-hybridized carbons (Fsp3) is 0.417. The number of hydrogen-bond acceptors (Lipinski definition) is 2. The standard InChI is InChI=1S/C12H14INO2/c13-10-3-1-2-9(6-10)12(16)14-7-8-4-11(15)5-8/h1-3,6,8,11,15H,4-5,7H2,(H,14,16). The van der Waals surface area contributed by atoms with Crippen molar-refractivity contribution in [1.29, 1.82) is 0 Å². The molecule has 0 bridgehead atoms. The van der Waals surface area contributed by atoms with E-state index in [0.717, 1.165) is 16.4 Å². The Morgan fingerprint density at radius 3 is 2.88 bits per heavy atom. The summed E-state index contributed by atoms with van der Waals surface area (Å²) in [5.41, 5.74) is 0.701. The number of halogens is 1. The molecule has 86 valence electrons. The normalized spacial score (nSPS) is 23.6. The summed E-state index contributed by atoms with van der Waals surface area (Å²) >= 11 is 2.19. The molecule has 0 aromatic heterocycles. The van der Waals surface area contributed by atoms with Gasteiger partial charge in [0.2, 0.25) is 0 Å². The summed E-state index contributed by atoms with van der Waals surface area (Å²) in [6.07, 6.45) is 1.47. The summed E-state index contributed by atoms with van der Waals surface area (Å²) in [4.78, 5) is 11.7. The Kier molecular flexibility index (Phi) is 3.81. The molecule has 0 heterocycles. The van der Waals surface area contributed by atoms with Crippen LogP contribution in [-0.2, 0) is 0 Å². The van der Waals surface area contributed by atoms with E-state index in [-0.39, 0.29) is 12.0 Å². The first-order valence-corrected chi connectivity index (χ1v) is 6.45. The molecule has 1 amide bonds. The molecule has 4 heteroatoms. The molecular formula is C12H14INO2. The summed E-state index contributed by atoms with van der Waals surface area (Å²) in [7, 11) is 0. The Bertz CT molecular complexity index is 388. The van der Waals surface area contributed by atoms with Gasteiger partial charge in [-0.2, -0.15) is 0 Å². The van der Waals surface area contributed by atoms with Crippen molar-refractivity contribution in [2.75, 3.05) is 6.54 Å². The lowest BCUT2D eigenvalue weighted by atomic mass is 9.82. The van der Waals surface area contributed by atoms with Gasteiger partial charge < -0.3 is 10.4 Å². The largest absolute Gasteiger partial charge is 0.393 e. The minimum Gasteiger partial charge on any atom is -0.393 e. The SMILES string of the molecule is O=C(NCC1CC(O)C1)c1cccc(I)c1. The Labute approximate surface area is 108 Å². The Balaban J connectivity index is 1.84. The summed E-state index contributed by atoms with van der Waals surface area (Å²) in [6.45, 7) is 0.668. The number of aliphatic hydroxyl groups is 1. The number of benzene rings is 1. The zero-order valence-corrected chi connectivity index (χ0v) is 11.0. The van der Waals surface area contributed by atoms with Crippen LogP contribution in [0.15, 0.2) is 24.3 Å². The Morgan fingerprint density at radius 1 is 1.50 bits per heavy atom. The first-order valence-electron chi connectivity index (χ1n) is 5.37. The van der Waals surface area contributed by atoms with Crippen LogP contribution in [-0.4, -0.2) is 23.7 Å². The van der Waals surface area contributed by atoms with E-state index in [1.54, 1.807) is 0 Å². The van der Waals surface area contributed by atoms with Crippen LogP contribution in [0, 0.1) is 9.49 Å². The molecule has 0 unspecified atom stereocenters. The maximum Gasteiger partial charge on any atom is 0.251 e. The van der Waals surface area contributed by atoms with Crippen LogP contribution in [0.3, 0.4) is 0 Å². The number of aliphatic hydroxyl groups excluding tert-OH is 1. The summed E-state index contributed by atoms with van der Waals surface area (Å²) in [5, 5.41) is 12.0. The van der Waals surface area contributed by atoms with E-state index in [4.69, 9.17) is 5.11 Å². The molecule has 0 saturated heterocycles. The number of rotatable bonds is 3. The summed E-state index contributed by atoms with van der Waals surface area (Å²) in [5.74, 6) is 0.418. The average Bonchev–Trinajstić information content (AvgIpc) is 2.22. The smallest absolute Gasteiger partial charge is 0.251 e. The van der Waals surface area contributed by atoms with Crippen molar-refractivity contribution in [2.45, 2.75) is 18.9 Å². The fourth-order valence-corrected chi connectivity index (χ4v) is 2.38. The molecule has 0 spiro atoms. The second-order valence-corrected chi connectivity index (χ2v) is 5.46. The van der Waals surface area contributed by atoms with Gasteiger partial charge in [0.05, 0.1) is 6.10 Å². The lowest BCUT2D eigenvalue weighted by Gasteiger charge is -2.31. The quantitative estimate of drug-likeness (QED) is 0.830. The van der Waals surface area contributed by atoms with E-state index in [9.17, 15) is 4.79 Å². The van der Waals surface area contributed by atoms with Crippen molar-refractivity contribution >= 4 is 28.5 Å². The Morgan fingerprint density at radius 2 is 2.25 bits per heavy atom. The van der Waals surface area contributed by atoms with Crippen LogP contribution in [0.1, 0.15) is 23.2 Å². The van der Waals surface area contributed by atoms with E-state index < -0.39 is 0 Å². The van der Waals surface area contributed by atoms with Crippen LogP contribution in [0.4, 0.5) is 0 Å². The molecule has 3 nitrogen and oxygen atoms in total. The van der Waals surface area contributed by atoms with Crippen LogP contribution in [0.25, 0.3) is 0 Å². The van der Waals surface area contributed by atoms with Crippen molar-refractivity contribution in [3.63, 3.8) is 0 Å². The highest BCUT2D eigenvalue weighted by Crippen LogP contribution is 2.26. The van der Waals surface area contributed by atoms with Crippen molar-refractivity contribution < 1.29 is 9.90 Å². The molecule has 1 aliphatic carbocycles. The van der Waals surface area contributed by atoms with Gasteiger partial charge in [-0.1, -0.05) is 6.07 Å².